The fourth-order valence-electron chi connectivity index (χ4n) is 5.28. The van der Waals surface area contributed by atoms with E-state index in [9.17, 15) is 8.78 Å². The van der Waals surface area contributed by atoms with Gasteiger partial charge in [-0.1, -0.05) is 12.1 Å². The monoisotopic (exact) mass is 397 g/mol. The van der Waals surface area contributed by atoms with Gasteiger partial charge in [0.2, 0.25) is 0 Å². The van der Waals surface area contributed by atoms with Gasteiger partial charge in [0.1, 0.15) is 17.8 Å². The number of hydrogen-bond donors (Lipinski definition) is 1. The van der Waals surface area contributed by atoms with Gasteiger partial charge in [-0.05, 0) is 92.9 Å². The summed E-state index contributed by atoms with van der Waals surface area (Å²) >= 11 is 0. The molecule has 0 spiro atoms. The Hall–Kier alpha value is -2.14. The van der Waals surface area contributed by atoms with Crippen molar-refractivity contribution in [2.75, 3.05) is 36.4 Å². The number of halogens is 2. The number of benzene rings is 2. The first-order chi connectivity index (χ1) is 14.2. The molecule has 1 unspecified atom stereocenters. The van der Waals surface area contributed by atoms with Crippen LogP contribution in [0, 0.1) is 17.6 Å². The van der Waals surface area contributed by atoms with E-state index in [2.05, 4.69) is 15.1 Å². The van der Waals surface area contributed by atoms with E-state index in [0.717, 1.165) is 62.6 Å². The summed E-state index contributed by atoms with van der Waals surface area (Å²) in [5, 5.41) is 3.58. The van der Waals surface area contributed by atoms with Crippen LogP contribution in [-0.2, 0) is 12.8 Å². The smallest absolute Gasteiger partial charge is 0.125 e. The Balaban J connectivity index is 1.14. The Labute approximate surface area is 171 Å². The summed E-state index contributed by atoms with van der Waals surface area (Å²) in [5.41, 5.74) is 4.59. The third-order valence-corrected chi connectivity index (χ3v) is 6.88. The van der Waals surface area contributed by atoms with Gasteiger partial charge < -0.3 is 10.2 Å². The fourth-order valence-corrected chi connectivity index (χ4v) is 5.28. The Morgan fingerprint density at radius 1 is 0.966 bits per heavy atom. The van der Waals surface area contributed by atoms with E-state index in [1.54, 1.807) is 24.3 Å². The van der Waals surface area contributed by atoms with E-state index >= 15 is 0 Å². The number of hydrogen-bond acceptors (Lipinski definition) is 3. The third-order valence-electron chi connectivity index (χ3n) is 6.88. The standard InChI is InChI=1S/C24H29F2N3/c25-20-7-5-17(6-8-20)3-4-18-9-12-28(13-10-18)16-23-27-22-15-21(26)14-19-2-1-11-29(23)24(19)22/h5-8,14-15,18,23,27H,1-4,9-13,16H2. The van der Waals surface area contributed by atoms with Crippen LogP contribution in [0.3, 0.4) is 0 Å². The zero-order chi connectivity index (χ0) is 19.8. The molecule has 1 fully saturated rings. The molecule has 0 aromatic heterocycles. The van der Waals surface area contributed by atoms with Gasteiger partial charge >= 0.3 is 0 Å². The molecule has 0 amide bonds. The molecule has 3 heterocycles. The van der Waals surface area contributed by atoms with E-state index in [1.807, 2.05) is 12.1 Å². The number of nitrogens with one attached hydrogen (secondary N) is 1. The summed E-state index contributed by atoms with van der Waals surface area (Å²) in [4.78, 5) is 5.01. The van der Waals surface area contributed by atoms with Crippen molar-refractivity contribution in [3.8, 4) is 0 Å². The Morgan fingerprint density at radius 3 is 2.55 bits per heavy atom. The van der Waals surface area contributed by atoms with E-state index in [4.69, 9.17) is 0 Å². The summed E-state index contributed by atoms with van der Waals surface area (Å²) < 4.78 is 27.0. The molecule has 0 radical (unpaired) electrons. The van der Waals surface area contributed by atoms with Crippen LogP contribution in [0.4, 0.5) is 20.2 Å². The molecule has 3 nitrogen and oxygen atoms in total. The Bertz CT molecular complexity index is 859. The van der Waals surface area contributed by atoms with Crippen molar-refractivity contribution in [3.63, 3.8) is 0 Å². The fraction of sp³-hybridized carbons (Fsp3) is 0.500. The van der Waals surface area contributed by atoms with Crippen molar-refractivity contribution in [1.82, 2.24) is 4.90 Å². The maximum Gasteiger partial charge on any atom is 0.125 e. The van der Waals surface area contributed by atoms with Gasteiger partial charge in [-0.3, -0.25) is 4.90 Å². The van der Waals surface area contributed by atoms with Crippen molar-refractivity contribution >= 4 is 11.4 Å². The lowest BCUT2D eigenvalue weighted by Gasteiger charge is -2.37. The number of anilines is 2. The van der Waals surface area contributed by atoms with Gasteiger partial charge in [0, 0.05) is 13.1 Å². The second kappa shape index (κ2) is 7.94. The Morgan fingerprint density at radius 2 is 1.76 bits per heavy atom. The van der Waals surface area contributed by atoms with Gasteiger partial charge in [-0.25, -0.2) is 8.78 Å². The lowest BCUT2D eigenvalue weighted by Crippen LogP contribution is -2.48. The number of piperidine rings is 1. The van der Waals surface area contributed by atoms with Crippen LogP contribution < -0.4 is 10.2 Å². The molecule has 5 heteroatoms. The molecule has 154 valence electrons. The molecule has 29 heavy (non-hydrogen) atoms. The van der Waals surface area contributed by atoms with E-state index in [0.29, 0.717) is 0 Å². The summed E-state index contributed by atoms with van der Waals surface area (Å²) in [6.07, 6.45) is 6.99. The predicted molar refractivity (Wildman–Crippen MR) is 113 cm³/mol. The van der Waals surface area contributed by atoms with Gasteiger partial charge in [-0.2, -0.15) is 0 Å². The highest BCUT2D eigenvalue weighted by Crippen LogP contribution is 2.42. The van der Waals surface area contributed by atoms with Crippen molar-refractivity contribution in [2.24, 2.45) is 5.92 Å². The van der Waals surface area contributed by atoms with Crippen LogP contribution in [0.25, 0.3) is 0 Å². The minimum Gasteiger partial charge on any atom is -0.362 e. The van der Waals surface area contributed by atoms with Crippen molar-refractivity contribution < 1.29 is 8.78 Å². The number of likely N-dealkylation sites (tertiary alicyclic amines) is 1. The first-order valence-corrected chi connectivity index (χ1v) is 11.0. The van der Waals surface area contributed by atoms with E-state index < -0.39 is 0 Å². The minimum absolute atomic E-state index is 0.129. The maximum absolute atomic E-state index is 13.9. The second-order valence-corrected chi connectivity index (χ2v) is 8.83. The number of aryl methyl sites for hydroxylation is 2. The molecule has 2 aromatic carbocycles. The van der Waals surface area contributed by atoms with Crippen LogP contribution in [0.5, 0.6) is 0 Å². The maximum atomic E-state index is 13.9. The molecule has 5 rings (SSSR count). The highest BCUT2D eigenvalue weighted by molar-refractivity contribution is 5.80. The van der Waals surface area contributed by atoms with Crippen LogP contribution in [-0.4, -0.2) is 37.2 Å². The van der Waals surface area contributed by atoms with Gasteiger partial charge in [0.25, 0.3) is 0 Å². The zero-order valence-electron chi connectivity index (χ0n) is 16.8. The molecular weight excluding hydrogens is 368 g/mol. The topological polar surface area (TPSA) is 18.5 Å². The van der Waals surface area contributed by atoms with Crippen LogP contribution in [0.2, 0.25) is 0 Å². The van der Waals surface area contributed by atoms with Gasteiger partial charge in [0.05, 0.1) is 11.4 Å². The van der Waals surface area contributed by atoms with Crippen molar-refractivity contribution in [3.05, 3.63) is 59.2 Å². The Kier molecular flexibility index (Phi) is 5.17. The second-order valence-electron chi connectivity index (χ2n) is 8.83. The van der Waals surface area contributed by atoms with E-state index in [-0.39, 0.29) is 17.8 Å². The molecule has 1 atom stereocenters. The van der Waals surface area contributed by atoms with Gasteiger partial charge in [0.15, 0.2) is 0 Å². The zero-order valence-corrected chi connectivity index (χ0v) is 16.8. The molecule has 3 aliphatic rings. The van der Waals surface area contributed by atoms with Crippen LogP contribution >= 0.6 is 0 Å². The average molecular weight is 398 g/mol. The highest BCUT2D eigenvalue weighted by Gasteiger charge is 2.35. The summed E-state index contributed by atoms with van der Waals surface area (Å²) in [7, 11) is 0. The predicted octanol–water partition coefficient (Wildman–Crippen LogP) is 4.81. The first kappa shape index (κ1) is 18.9. The third kappa shape index (κ3) is 3.97. The van der Waals surface area contributed by atoms with E-state index in [1.165, 1.54) is 30.5 Å². The molecule has 1 N–H and O–H groups in total. The van der Waals surface area contributed by atoms with Gasteiger partial charge in [-0.15, -0.1) is 0 Å². The normalized spacial score (nSPS) is 21.9. The first-order valence-electron chi connectivity index (χ1n) is 11.0. The summed E-state index contributed by atoms with van der Waals surface area (Å²) in [6.45, 7) is 4.28. The van der Waals surface area contributed by atoms with Crippen molar-refractivity contribution in [2.45, 2.75) is 44.7 Å². The molecule has 0 bridgehead atoms. The molecule has 3 aliphatic heterocycles. The average Bonchev–Trinajstić information content (AvgIpc) is 3.07. The SMILES string of the molecule is Fc1ccc(CCC2CCN(CC3Nc4cc(F)cc5c4N3CCC5)CC2)cc1. The lowest BCUT2D eigenvalue weighted by molar-refractivity contribution is 0.173. The van der Waals surface area contributed by atoms with Crippen molar-refractivity contribution in [1.29, 1.82) is 0 Å². The summed E-state index contributed by atoms with van der Waals surface area (Å²) in [5.74, 6) is 0.463. The van der Waals surface area contributed by atoms with Crippen LogP contribution in [0.1, 0.15) is 36.8 Å². The minimum atomic E-state index is -0.159. The molecule has 1 saturated heterocycles. The quantitative estimate of drug-likeness (QED) is 0.781. The number of nitrogens with zero attached hydrogens (tertiary/aromatic N) is 2. The highest BCUT2D eigenvalue weighted by atomic mass is 19.1. The van der Waals surface area contributed by atoms with Crippen LogP contribution in [0.15, 0.2) is 36.4 Å². The molecular formula is C24H29F2N3. The summed E-state index contributed by atoms with van der Waals surface area (Å²) in [6, 6.07) is 10.3. The lowest BCUT2D eigenvalue weighted by atomic mass is 9.90. The largest absolute Gasteiger partial charge is 0.362 e. The molecule has 0 aliphatic carbocycles. The molecule has 2 aromatic rings. The number of rotatable bonds is 5. The molecule has 0 saturated carbocycles.